The average molecular weight is 344 g/mol. The molecule has 0 aromatic heterocycles. The van der Waals surface area contributed by atoms with Crippen molar-refractivity contribution in [3.63, 3.8) is 0 Å². The van der Waals surface area contributed by atoms with Gasteiger partial charge in [0, 0.05) is 30.8 Å². The zero-order valence-corrected chi connectivity index (χ0v) is 15.1. The number of methoxy groups -OCH3 is 1. The summed E-state index contributed by atoms with van der Waals surface area (Å²) in [7, 11) is 3.52. The molecule has 0 radical (unpaired) electrons. The van der Waals surface area contributed by atoms with E-state index in [2.05, 4.69) is 0 Å². The van der Waals surface area contributed by atoms with E-state index in [1.165, 1.54) is 18.2 Å². The van der Waals surface area contributed by atoms with Crippen molar-refractivity contribution < 1.29 is 14.5 Å². The van der Waals surface area contributed by atoms with Gasteiger partial charge in [-0.05, 0) is 36.4 Å². The van der Waals surface area contributed by atoms with Crippen molar-refractivity contribution in [3.8, 4) is 5.75 Å². The highest BCUT2D eigenvalue weighted by molar-refractivity contribution is 5.78. The Hall–Kier alpha value is -2.73. The van der Waals surface area contributed by atoms with E-state index in [0.717, 1.165) is 17.6 Å². The minimum absolute atomic E-state index is 0.0107. The molecule has 2 rings (SSSR count). The van der Waals surface area contributed by atoms with Gasteiger partial charge < -0.3 is 4.74 Å². The molecule has 25 heavy (non-hydrogen) atoms. The van der Waals surface area contributed by atoms with Crippen LogP contribution in [0.2, 0.25) is 0 Å². The lowest BCUT2D eigenvalue weighted by atomic mass is 10.1. The van der Waals surface area contributed by atoms with Gasteiger partial charge in [-0.2, -0.15) is 0 Å². The molecule has 0 unspecified atom stereocenters. The monoisotopic (exact) mass is 344 g/mol. The van der Waals surface area contributed by atoms with Crippen LogP contribution in [0.25, 0.3) is 0 Å². The number of carbonyl (C=O) groups excluding carboxylic acids is 1. The summed E-state index contributed by atoms with van der Waals surface area (Å²) < 4.78 is 5.12. The van der Waals surface area contributed by atoms with Gasteiger partial charge in [-0.25, -0.2) is 0 Å². The molecule has 0 aliphatic rings. The summed E-state index contributed by atoms with van der Waals surface area (Å²) in [6.07, 6.45) is 0.723. The molecule has 6 heteroatoms. The quantitative estimate of drug-likeness (QED) is 0.430. The first-order chi connectivity index (χ1) is 12.0. The third-order valence-corrected chi connectivity index (χ3v) is 3.52. The maximum Gasteiger partial charge on any atom is 0.269 e. The van der Waals surface area contributed by atoms with Crippen LogP contribution in [0.15, 0.2) is 42.5 Å². The van der Waals surface area contributed by atoms with Gasteiger partial charge in [0.05, 0.1) is 12.0 Å². The number of nitrogens with zero attached hydrogens (tertiary/aromatic N) is 2. The van der Waals surface area contributed by atoms with E-state index in [-0.39, 0.29) is 5.69 Å². The molecular formula is C19H24N2O4. The lowest BCUT2D eigenvalue weighted by molar-refractivity contribution is -0.384. The van der Waals surface area contributed by atoms with E-state index >= 15 is 0 Å². The predicted molar refractivity (Wildman–Crippen MR) is 98.0 cm³/mol. The molecule has 6 nitrogen and oxygen atoms in total. The van der Waals surface area contributed by atoms with Crippen molar-refractivity contribution in [2.45, 2.75) is 26.9 Å². The van der Waals surface area contributed by atoms with Crippen LogP contribution in [0.5, 0.6) is 5.75 Å². The summed E-state index contributed by atoms with van der Waals surface area (Å²) in [5.41, 5.74) is 2.19. The largest absolute Gasteiger partial charge is 0.497 e. The molecule has 0 spiro atoms. The van der Waals surface area contributed by atoms with Gasteiger partial charge >= 0.3 is 0 Å². The van der Waals surface area contributed by atoms with E-state index in [1.807, 2.05) is 50.1 Å². The van der Waals surface area contributed by atoms with Crippen LogP contribution in [-0.4, -0.2) is 30.3 Å². The second-order valence-corrected chi connectivity index (χ2v) is 5.28. The third-order valence-electron chi connectivity index (χ3n) is 3.52. The number of nitro benzene ring substituents is 1. The van der Waals surface area contributed by atoms with E-state index in [9.17, 15) is 14.9 Å². The minimum Gasteiger partial charge on any atom is -0.497 e. The zero-order valence-electron chi connectivity index (χ0n) is 15.1. The van der Waals surface area contributed by atoms with Gasteiger partial charge in [-0.15, -0.1) is 0 Å². The molecular weight excluding hydrogens is 320 g/mol. The first-order valence-electron chi connectivity index (χ1n) is 8.07. The Morgan fingerprint density at radius 2 is 1.76 bits per heavy atom. The van der Waals surface area contributed by atoms with Crippen LogP contribution >= 0.6 is 0 Å². The molecule has 2 aromatic carbocycles. The number of non-ortho nitro benzene ring substituents is 1. The molecule has 0 aliphatic heterocycles. The van der Waals surface area contributed by atoms with Gasteiger partial charge in [0.15, 0.2) is 0 Å². The van der Waals surface area contributed by atoms with Crippen LogP contribution in [-0.2, 0) is 13.1 Å². The zero-order chi connectivity index (χ0) is 18.8. The third kappa shape index (κ3) is 6.00. The van der Waals surface area contributed by atoms with E-state index in [0.29, 0.717) is 24.2 Å². The number of carbonyl (C=O) groups is 1. The van der Waals surface area contributed by atoms with Crippen LogP contribution in [0.3, 0.4) is 0 Å². The van der Waals surface area contributed by atoms with Crippen molar-refractivity contribution in [1.82, 2.24) is 4.90 Å². The van der Waals surface area contributed by atoms with Crippen LogP contribution in [0, 0.1) is 10.1 Å². The molecule has 134 valence electrons. The molecule has 0 fully saturated rings. The van der Waals surface area contributed by atoms with Crippen molar-refractivity contribution in [2.75, 3.05) is 14.2 Å². The predicted octanol–water partition coefficient (Wildman–Crippen LogP) is 4.07. The highest BCUT2D eigenvalue weighted by Crippen LogP contribution is 2.19. The number of nitro groups is 1. The Kier molecular flexibility index (Phi) is 8.29. The van der Waals surface area contributed by atoms with Crippen molar-refractivity contribution in [1.29, 1.82) is 0 Å². The van der Waals surface area contributed by atoms with Crippen molar-refractivity contribution in [3.05, 3.63) is 69.3 Å². The van der Waals surface area contributed by atoms with Crippen LogP contribution < -0.4 is 4.74 Å². The molecule has 0 saturated heterocycles. The fourth-order valence-corrected chi connectivity index (χ4v) is 2.35. The number of aldehydes is 1. The second-order valence-electron chi connectivity index (χ2n) is 5.28. The Balaban J connectivity index is 0.00000151. The normalized spacial score (nSPS) is 9.96. The molecule has 2 aromatic rings. The highest BCUT2D eigenvalue weighted by Gasteiger charge is 2.12. The molecule has 0 amide bonds. The lowest BCUT2D eigenvalue weighted by Crippen LogP contribution is -2.18. The Bertz CT molecular complexity index is 699. The SMILES string of the molecule is CC.COc1ccc(CN(C)Cc2cc([N+](=O)[O-])ccc2C=O)cc1. The minimum atomic E-state index is -0.457. The maximum absolute atomic E-state index is 11.1. The summed E-state index contributed by atoms with van der Waals surface area (Å²) in [6, 6.07) is 12.0. The first kappa shape index (κ1) is 20.3. The Morgan fingerprint density at radius 3 is 2.28 bits per heavy atom. The van der Waals surface area contributed by atoms with Gasteiger partial charge in [-0.1, -0.05) is 26.0 Å². The summed E-state index contributed by atoms with van der Waals surface area (Å²) in [4.78, 5) is 23.5. The average Bonchev–Trinajstić information content (AvgIpc) is 2.63. The van der Waals surface area contributed by atoms with Crippen molar-refractivity contribution in [2.24, 2.45) is 0 Å². The van der Waals surface area contributed by atoms with Gasteiger partial charge in [0.25, 0.3) is 5.69 Å². The first-order valence-corrected chi connectivity index (χ1v) is 8.07. The van der Waals surface area contributed by atoms with Gasteiger partial charge in [0.1, 0.15) is 12.0 Å². The van der Waals surface area contributed by atoms with Crippen LogP contribution in [0.4, 0.5) is 5.69 Å². The molecule has 0 heterocycles. The number of benzene rings is 2. The number of ether oxygens (including phenoxy) is 1. The second kappa shape index (κ2) is 10.2. The lowest BCUT2D eigenvalue weighted by Gasteiger charge is -2.18. The smallest absolute Gasteiger partial charge is 0.269 e. The summed E-state index contributed by atoms with van der Waals surface area (Å²) in [5.74, 6) is 0.790. The van der Waals surface area contributed by atoms with E-state index in [1.54, 1.807) is 7.11 Å². The van der Waals surface area contributed by atoms with E-state index < -0.39 is 4.92 Å². The molecule has 0 N–H and O–H groups in total. The highest BCUT2D eigenvalue weighted by atomic mass is 16.6. The van der Waals surface area contributed by atoms with Gasteiger partial charge in [-0.3, -0.25) is 19.8 Å². The van der Waals surface area contributed by atoms with Crippen molar-refractivity contribution >= 4 is 12.0 Å². The summed E-state index contributed by atoms with van der Waals surface area (Å²) in [6.45, 7) is 5.10. The number of rotatable bonds is 7. The fraction of sp³-hybridized carbons (Fsp3) is 0.316. The standard InChI is InChI=1S/C17H18N2O4.C2H6/c1-18(10-13-3-7-17(23-2)8-4-13)11-15-9-16(19(21)22)6-5-14(15)12-20;1-2/h3-9,12H,10-11H2,1-2H3;1-2H3. The van der Waals surface area contributed by atoms with E-state index in [4.69, 9.17) is 4.74 Å². The summed E-state index contributed by atoms with van der Waals surface area (Å²) >= 11 is 0. The summed E-state index contributed by atoms with van der Waals surface area (Å²) in [5, 5.41) is 10.9. The fourth-order valence-electron chi connectivity index (χ4n) is 2.35. The topological polar surface area (TPSA) is 72.7 Å². The maximum atomic E-state index is 11.1. The Labute approximate surface area is 148 Å². The van der Waals surface area contributed by atoms with Crippen LogP contribution in [0.1, 0.15) is 35.3 Å². The molecule has 0 bridgehead atoms. The number of hydrogen-bond acceptors (Lipinski definition) is 5. The Morgan fingerprint density at radius 1 is 1.12 bits per heavy atom. The molecule has 0 atom stereocenters. The molecule has 0 saturated carbocycles. The van der Waals surface area contributed by atoms with Gasteiger partial charge in [0.2, 0.25) is 0 Å². The number of hydrogen-bond donors (Lipinski definition) is 0. The molecule has 0 aliphatic carbocycles.